The van der Waals surface area contributed by atoms with E-state index in [9.17, 15) is 9.59 Å². The zero-order valence-corrected chi connectivity index (χ0v) is 14.8. The molecule has 2 aromatic rings. The van der Waals surface area contributed by atoms with Crippen LogP contribution >= 0.6 is 0 Å². The van der Waals surface area contributed by atoms with Gasteiger partial charge in [-0.15, -0.1) is 0 Å². The average Bonchev–Trinajstić information content (AvgIpc) is 2.62. The molecule has 1 atom stereocenters. The number of carbonyl (C=O) groups is 2. The summed E-state index contributed by atoms with van der Waals surface area (Å²) in [6.45, 7) is 6.24. The summed E-state index contributed by atoms with van der Waals surface area (Å²) in [6.07, 6.45) is 0.163. The highest BCUT2D eigenvalue weighted by Crippen LogP contribution is 2.17. The molecule has 0 aliphatic carbocycles. The third-order valence-electron chi connectivity index (χ3n) is 3.67. The lowest BCUT2D eigenvalue weighted by atomic mass is 10.1. The molecule has 0 bridgehead atoms. The fourth-order valence-electron chi connectivity index (χ4n) is 2.23. The van der Waals surface area contributed by atoms with Crippen molar-refractivity contribution >= 4 is 17.5 Å². The fraction of sp³-hybridized carbons (Fsp3) is 0.300. The summed E-state index contributed by atoms with van der Waals surface area (Å²) in [7, 11) is 0. The van der Waals surface area contributed by atoms with Crippen LogP contribution in [-0.2, 0) is 4.79 Å². The van der Waals surface area contributed by atoms with Crippen molar-refractivity contribution in [1.29, 1.82) is 0 Å². The maximum Gasteiger partial charge on any atom is 0.265 e. The molecule has 0 aliphatic rings. The summed E-state index contributed by atoms with van der Waals surface area (Å²) in [5.41, 5.74) is 2.03. The van der Waals surface area contributed by atoms with Gasteiger partial charge >= 0.3 is 0 Å². The van der Waals surface area contributed by atoms with Gasteiger partial charge in [0.05, 0.1) is 11.3 Å². The molecule has 2 N–H and O–H groups in total. The first-order valence-electron chi connectivity index (χ1n) is 8.42. The second-order valence-corrected chi connectivity index (χ2v) is 5.86. The first kappa shape index (κ1) is 18.5. The van der Waals surface area contributed by atoms with Crippen molar-refractivity contribution in [2.24, 2.45) is 0 Å². The fourth-order valence-corrected chi connectivity index (χ4v) is 2.23. The third kappa shape index (κ3) is 5.35. The quantitative estimate of drug-likeness (QED) is 0.810. The molecule has 132 valence electrons. The number of rotatable bonds is 7. The molecule has 2 amide bonds. The minimum Gasteiger partial charge on any atom is -0.481 e. The summed E-state index contributed by atoms with van der Waals surface area (Å²) in [5.74, 6) is 0.114. The Bertz CT molecular complexity index is 726. The van der Waals surface area contributed by atoms with Crippen molar-refractivity contribution in [3.63, 3.8) is 0 Å². The number of carbonyl (C=O) groups excluding carboxylic acids is 2. The van der Waals surface area contributed by atoms with Crippen LogP contribution < -0.4 is 15.4 Å². The number of benzene rings is 2. The Balaban J connectivity index is 2.04. The zero-order valence-electron chi connectivity index (χ0n) is 14.8. The Morgan fingerprint density at radius 3 is 2.44 bits per heavy atom. The molecule has 0 heterocycles. The van der Waals surface area contributed by atoms with Crippen LogP contribution in [0.1, 0.15) is 36.2 Å². The predicted octanol–water partition coefficient (Wildman–Crippen LogP) is 3.54. The van der Waals surface area contributed by atoms with E-state index < -0.39 is 6.10 Å². The molecule has 0 aliphatic heterocycles. The van der Waals surface area contributed by atoms with Gasteiger partial charge in [-0.1, -0.05) is 36.8 Å². The van der Waals surface area contributed by atoms with Gasteiger partial charge < -0.3 is 15.4 Å². The number of anilines is 1. The third-order valence-corrected chi connectivity index (χ3v) is 3.67. The molecular weight excluding hydrogens is 316 g/mol. The molecule has 0 radical (unpaired) electrons. The van der Waals surface area contributed by atoms with Crippen molar-refractivity contribution in [2.45, 2.75) is 33.3 Å². The van der Waals surface area contributed by atoms with Gasteiger partial charge in [0.25, 0.3) is 11.8 Å². The molecule has 5 heteroatoms. The van der Waals surface area contributed by atoms with Gasteiger partial charge in [-0.05, 0) is 44.5 Å². The summed E-state index contributed by atoms with van der Waals surface area (Å²) in [4.78, 5) is 24.6. The first-order chi connectivity index (χ1) is 12.0. The monoisotopic (exact) mass is 340 g/mol. The van der Waals surface area contributed by atoms with Crippen LogP contribution in [0.3, 0.4) is 0 Å². The van der Waals surface area contributed by atoms with Gasteiger partial charge in [0.15, 0.2) is 6.10 Å². The summed E-state index contributed by atoms with van der Waals surface area (Å²) < 4.78 is 5.66. The lowest BCUT2D eigenvalue weighted by Gasteiger charge is -2.16. The van der Waals surface area contributed by atoms with Gasteiger partial charge in [0.1, 0.15) is 5.75 Å². The highest BCUT2D eigenvalue weighted by molar-refractivity contribution is 6.04. The van der Waals surface area contributed by atoms with Crippen molar-refractivity contribution in [3.8, 4) is 5.75 Å². The molecule has 0 aromatic heterocycles. The van der Waals surface area contributed by atoms with Gasteiger partial charge in [0.2, 0.25) is 0 Å². The molecule has 0 saturated heterocycles. The molecule has 0 spiro atoms. The molecule has 0 fully saturated rings. The molecule has 2 aromatic carbocycles. The SMILES string of the molecule is CCCNC(=O)c1ccccc1NC(=O)[C@@H](C)Oc1ccc(C)cc1. The molecule has 5 nitrogen and oxygen atoms in total. The standard InChI is InChI=1S/C20H24N2O3/c1-4-13-21-20(24)17-7-5-6-8-18(17)22-19(23)15(3)25-16-11-9-14(2)10-12-16/h5-12,15H,4,13H2,1-3H3,(H,21,24)(H,22,23)/t15-/m1/s1. The van der Waals surface area contributed by atoms with Crippen LogP contribution in [0.25, 0.3) is 0 Å². The minimum absolute atomic E-state index is 0.204. The highest BCUT2D eigenvalue weighted by atomic mass is 16.5. The van der Waals surface area contributed by atoms with Crippen molar-refractivity contribution in [2.75, 3.05) is 11.9 Å². The number of amides is 2. The molecule has 0 unspecified atom stereocenters. The Morgan fingerprint density at radius 2 is 1.76 bits per heavy atom. The van der Waals surface area contributed by atoms with E-state index in [4.69, 9.17) is 4.74 Å². The van der Waals surface area contributed by atoms with Crippen LogP contribution in [-0.4, -0.2) is 24.5 Å². The van der Waals surface area contributed by atoms with Crippen molar-refractivity contribution < 1.29 is 14.3 Å². The van der Waals surface area contributed by atoms with Gasteiger partial charge in [-0.25, -0.2) is 0 Å². The lowest BCUT2D eigenvalue weighted by Crippen LogP contribution is -2.31. The summed E-state index contributed by atoms with van der Waals surface area (Å²) in [5, 5.41) is 5.59. The van der Waals surface area contributed by atoms with Crippen LogP contribution in [0.5, 0.6) is 5.75 Å². The number of hydrogen-bond acceptors (Lipinski definition) is 3. The Labute approximate surface area is 148 Å². The number of hydrogen-bond donors (Lipinski definition) is 2. The second-order valence-electron chi connectivity index (χ2n) is 5.86. The molecule has 0 saturated carbocycles. The molecule has 25 heavy (non-hydrogen) atoms. The van der Waals surface area contributed by atoms with Crippen LogP contribution in [0.15, 0.2) is 48.5 Å². The van der Waals surface area contributed by atoms with E-state index >= 15 is 0 Å². The van der Waals surface area contributed by atoms with Gasteiger partial charge in [-0.2, -0.15) is 0 Å². The van der Waals surface area contributed by atoms with E-state index in [1.54, 1.807) is 31.2 Å². The predicted molar refractivity (Wildman–Crippen MR) is 99.0 cm³/mol. The van der Waals surface area contributed by atoms with Crippen LogP contribution in [0.4, 0.5) is 5.69 Å². The average molecular weight is 340 g/mol. The maximum absolute atomic E-state index is 12.4. The molecule has 2 rings (SSSR count). The van der Waals surface area contributed by atoms with Crippen molar-refractivity contribution in [3.05, 3.63) is 59.7 Å². The highest BCUT2D eigenvalue weighted by Gasteiger charge is 2.18. The van der Waals surface area contributed by atoms with Crippen LogP contribution in [0.2, 0.25) is 0 Å². The second kappa shape index (κ2) is 8.87. The van der Waals surface area contributed by atoms with Crippen LogP contribution in [0, 0.1) is 6.92 Å². The van der Waals surface area contributed by atoms with Gasteiger partial charge in [-0.3, -0.25) is 9.59 Å². The number of nitrogens with one attached hydrogen (secondary N) is 2. The Morgan fingerprint density at radius 1 is 1.08 bits per heavy atom. The van der Waals surface area contributed by atoms with E-state index in [-0.39, 0.29) is 11.8 Å². The first-order valence-corrected chi connectivity index (χ1v) is 8.42. The number of ether oxygens (including phenoxy) is 1. The van der Waals surface area contributed by atoms with E-state index in [0.717, 1.165) is 12.0 Å². The zero-order chi connectivity index (χ0) is 18.2. The minimum atomic E-state index is -0.686. The van der Waals surface area contributed by atoms with E-state index in [1.165, 1.54) is 0 Å². The van der Waals surface area contributed by atoms with E-state index in [0.29, 0.717) is 23.5 Å². The topological polar surface area (TPSA) is 67.4 Å². The Kier molecular flexibility index (Phi) is 6.57. The lowest BCUT2D eigenvalue weighted by molar-refractivity contribution is -0.122. The largest absolute Gasteiger partial charge is 0.481 e. The Hall–Kier alpha value is -2.82. The number of para-hydroxylation sites is 1. The summed E-state index contributed by atoms with van der Waals surface area (Å²) >= 11 is 0. The molecular formula is C20H24N2O3. The smallest absolute Gasteiger partial charge is 0.265 e. The van der Waals surface area contributed by atoms with E-state index in [1.807, 2.05) is 38.1 Å². The summed E-state index contributed by atoms with van der Waals surface area (Å²) in [6, 6.07) is 14.4. The van der Waals surface area contributed by atoms with Crippen molar-refractivity contribution in [1.82, 2.24) is 5.32 Å². The maximum atomic E-state index is 12.4. The normalized spacial score (nSPS) is 11.5. The number of aryl methyl sites for hydroxylation is 1. The van der Waals surface area contributed by atoms with Gasteiger partial charge in [0, 0.05) is 6.54 Å². The van der Waals surface area contributed by atoms with E-state index in [2.05, 4.69) is 10.6 Å².